The normalized spacial score (nSPS) is 20.3. The molecule has 0 amide bonds. The molecule has 3 heterocycles. The highest BCUT2D eigenvalue weighted by Gasteiger charge is 2.25. The van der Waals surface area contributed by atoms with Crippen molar-refractivity contribution in [3.63, 3.8) is 0 Å². The molecule has 2 aliphatic heterocycles. The topological polar surface area (TPSA) is 76.7 Å². The van der Waals surface area contributed by atoms with Crippen LogP contribution >= 0.6 is 0 Å². The maximum Gasteiger partial charge on any atom is 0.264 e. The number of hydrogen-bond acceptors (Lipinski definition) is 7. The van der Waals surface area contributed by atoms with Crippen molar-refractivity contribution in [1.29, 1.82) is 0 Å². The summed E-state index contributed by atoms with van der Waals surface area (Å²) in [5.41, 5.74) is 6.75. The number of nitrogen functional groups attached to an aromatic ring is 1. The fraction of sp³-hybridized carbons (Fsp3) is 0.500. The summed E-state index contributed by atoms with van der Waals surface area (Å²) in [7, 11) is 0. The number of morpholine rings is 2. The summed E-state index contributed by atoms with van der Waals surface area (Å²) < 4.78 is 38.4. The number of ether oxygens (including phenoxy) is 2. The van der Waals surface area contributed by atoms with E-state index in [9.17, 15) is 8.78 Å². The van der Waals surface area contributed by atoms with Crippen LogP contribution in [0, 0.1) is 0 Å². The zero-order valence-electron chi connectivity index (χ0n) is 16.4. The molecular weight excluding hydrogens is 380 g/mol. The van der Waals surface area contributed by atoms with E-state index in [1.807, 2.05) is 6.92 Å². The van der Waals surface area contributed by atoms with Gasteiger partial charge in [0.2, 0.25) is 5.95 Å². The second-order valence-electron chi connectivity index (χ2n) is 7.28. The molecule has 0 bridgehead atoms. The number of halogens is 2. The molecule has 7 nitrogen and oxygen atoms in total. The van der Waals surface area contributed by atoms with Gasteiger partial charge >= 0.3 is 0 Å². The third kappa shape index (κ3) is 4.25. The van der Waals surface area contributed by atoms with Crippen molar-refractivity contribution < 1.29 is 18.3 Å². The van der Waals surface area contributed by atoms with Gasteiger partial charge in [-0.25, -0.2) is 13.8 Å². The van der Waals surface area contributed by atoms with E-state index in [0.717, 1.165) is 0 Å². The highest BCUT2D eigenvalue weighted by atomic mass is 19.3. The molecule has 1 aromatic carbocycles. The van der Waals surface area contributed by atoms with Gasteiger partial charge in [0.05, 0.1) is 38.2 Å². The molecule has 29 heavy (non-hydrogen) atoms. The van der Waals surface area contributed by atoms with Gasteiger partial charge in [-0.15, -0.1) is 0 Å². The van der Waals surface area contributed by atoms with E-state index in [0.29, 0.717) is 74.8 Å². The molecule has 0 saturated carbocycles. The third-order valence-corrected chi connectivity index (χ3v) is 5.25. The number of alkyl halides is 2. The molecule has 2 aromatic rings. The molecule has 0 spiro atoms. The zero-order valence-corrected chi connectivity index (χ0v) is 16.4. The Bertz CT molecular complexity index is 861. The van der Waals surface area contributed by atoms with Crippen LogP contribution in [0.15, 0.2) is 24.3 Å². The number of benzene rings is 1. The van der Waals surface area contributed by atoms with E-state index in [-0.39, 0.29) is 11.6 Å². The van der Waals surface area contributed by atoms with Crippen molar-refractivity contribution >= 4 is 17.5 Å². The lowest BCUT2D eigenvalue weighted by molar-refractivity contribution is 0.0980. The van der Waals surface area contributed by atoms with Crippen LogP contribution < -0.4 is 15.5 Å². The van der Waals surface area contributed by atoms with Crippen molar-refractivity contribution in [2.24, 2.45) is 0 Å². The molecule has 2 saturated heterocycles. The lowest BCUT2D eigenvalue weighted by atomic mass is 10.0. The SMILES string of the molecule is C[C@H]1COCCN1c1nc(-c2ccc(N)cc2C(F)F)cc(N2CCOCC2)n1. The quantitative estimate of drug-likeness (QED) is 0.784. The maximum absolute atomic E-state index is 13.7. The summed E-state index contributed by atoms with van der Waals surface area (Å²) in [4.78, 5) is 13.6. The van der Waals surface area contributed by atoms with Crippen molar-refractivity contribution in [1.82, 2.24) is 9.97 Å². The second kappa shape index (κ2) is 8.46. The molecule has 1 atom stereocenters. The van der Waals surface area contributed by atoms with Gasteiger partial charge in [-0.1, -0.05) is 6.07 Å². The van der Waals surface area contributed by atoms with Crippen molar-refractivity contribution in [3.8, 4) is 11.3 Å². The lowest BCUT2D eigenvalue weighted by Crippen LogP contribution is -2.45. The Labute approximate surface area is 168 Å². The Hall–Kier alpha value is -2.52. The molecule has 2 fully saturated rings. The molecule has 0 unspecified atom stereocenters. The van der Waals surface area contributed by atoms with Crippen molar-refractivity contribution in [3.05, 3.63) is 29.8 Å². The summed E-state index contributed by atoms with van der Waals surface area (Å²) in [5, 5.41) is 0. The molecule has 4 rings (SSSR count). The van der Waals surface area contributed by atoms with Gasteiger partial charge in [-0.05, 0) is 19.1 Å². The summed E-state index contributed by atoms with van der Waals surface area (Å²) >= 11 is 0. The zero-order chi connectivity index (χ0) is 20.4. The summed E-state index contributed by atoms with van der Waals surface area (Å²) in [5.74, 6) is 1.24. The van der Waals surface area contributed by atoms with E-state index in [2.05, 4.69) is 14.8 Å². The largest absolute Gasteiger partial charge is 0.399 e. The molecule has 1 aromatic heterocycles. The predicted molar refractivity (Wildman–Crippen MR) is 107 cm³/mol. The van der Waals surface area contributed by atoms with Gasteiger partial charge in [-0.3, -0.25) is 0 Å². The van der Waals surface area contributed by atoms with Gasteiger partial charge in [0, 0.05) is 42.5 Å². The van der Waals surface area contributed by atoms with E-state index in [1.165, 1.54) is 6.07 Å². The molecule has 156 valence electrons. The minimum absolute atomic E-state index is 0.0949. The average Bonchev–Trinajstić information content (AvgIpc) is 2.74. The van der Waals surface area contributed by atoms with Gasteiger partial charge in [0.15, 0.2) is 0 Å². The first-order valence-electron chi connectivity index (χ1n) is 9.77. The first-order chi connectivity index (χ1) is 14.0. The van der Waals surface area contributed by atoms with Crippen LogP contribution in [0.2, 0.25) is 0 Å². The second-order valence-corrected chi connectivity index (χ2v) is 7.28. The fourth-order valence-corrected chi connectivity index (χ4v) is 3.66. The minimum Gasteiger partial charge on any atom is -0.399 e. The Morgan fingerprint density at radius 3 is 2.55 bits per heavy atom. The Balaban J connectivity index is 1.81. The standard InChI is InChI=1S/C20H25F2N5O2/c1-13-12-29-9-6-27(13)20-24-17(11-18(25-20)26-4-7-28-8-5-26)15-3-2-14(23)10-16(15)19(21)22/h2-3,10-11,13,19H,4-9,12,23H2,1H3/t13-/m0/s1. The van der Waals surface area contributed by atoms with E-state index in [1.54, 1.807) is 18.2 Å². The van der Waals surface area contributed by atoms with E-state index >= 15 is 0 Å². The van der Waals surface area contributed by atoms with Gasteiger partial charge in [0.25, 0.3) is 6.43 Å². The lowest BCUT2D eigenvalue weighted by Gasteiger charge is -2.35. The van der Waals surface area contributed by atoms with Gasteiger partial charge < -0.3 is 25.0 Å². The highest BCUT2D eigenvalue weighted by Crippen LogP contribution is 2.34. The van der Waals surface area contributed by atoms with Crippen molar-refractivity contribution in [2.45, 2.75) is 19.4 Å². The molecular formula is C20H25F2N5O2. The molecule has 9 heteroatoms. The molecule has 0 aliphatic carbocycles. The van der Waals surface area contributed by atoms with Crippen LogP contribution in [0.4, 0.5) is 26.2 Å². The number of nitrogens with two attached hydrogens (primary N) is 1. The van der Waals surface area contributed by atoms with Gasteiger partial charge in [-0.2, -0.15) is 4.98 Å². The monoisotopic (exact) mass is 405 g/mol. The minimum atomic E-state index is -2.65. The first-order valence-corrected chi connectivity index (χ1v) is 9.77. The first kappa shape index (κ1) is 19.8. The Kier molecular flexibility index (Phi) is 5.77. The number of aromatic nitrogens is 2. The summed E-state index contributed by atoms with van der Waals surface area (Å²) in [6, 6.07) is 6.41. The Morgan fingerprint density at radius 1 is 1.07 bits per heavy atom. The van der Waals surface area contributed by atoms with Crippen LogP contribution in [0.5, 0.6) is 0 Å². The van der Waals surface area contributed by atoms with Crippen LogP contribution in [0.3, 0.4) is 0 Å². The van der Waals surface area contributed by atoms with Crippen LogP contribution in [-0.4, -0.2) is 62.1 Å². The number of anilines is 3. The number of rotatable bonds is 4. The van der Waals surface area contributed by atoms with Crippen molar-refractivity contribution in [2.75, 3.05) is 61.6 Å². The molecule has 2 N–H and O–H groups in total. The predicted octanol–water partition coefficient (Wildman–Crippen LogP) is 2.73. The molecule has 0 radical (unpaired) electrons. The Morgan fingerprint density at radius 2 is 1.83 bits per heavy atom. The van der Waals surface area contributed by atoms with Crippen LogP contribution in [0.25, 0.3) is 11.3 Å². The number of hydrogen-bond donors (Lipinski definition) is 1. The smallest absolute Gasteiger partial charge is 0.264 e. The van der Waals surface area contributed by atoms with Gasteiger partial charge in [0.1, 0.15) is 5.82 Å². The fourth-order valence-electron chi connectivity index (χ4n) is 3.66. The van der Waals surface area contributed by atoms with E-state index < -0.39 is 6.43 Å². The summed E-state index contributed by atoms with van der Waals surface area (Å²) in [6.07, 6.45) is -2.65. The third-order valence-electron chi connectivity index (χ3n) is 5.25. The highest BCUT2D eigenvalue weighted by molar-refractivity contribution is 5.71. The van der Waals surface area contributed by atoms with E-state index in [4.69, 9.17) is 20.2 Å². The number of nitrogens with zero attached hydrogens (tertiary/aromatic N) is 4. The molecule has 2 aliphatic rings. The average molecular weight is 405 g/mol. The maximum atomic E-state index is 13.7. The van der Waals surface area contributed by atoms with Crippen LogP contribution in [-0.2, 0) is 9.47 Å². The summed E-state index contributed by atoms with van der Waals surface area (Å²) in [6.45, 7) is 6.43. The van der Waals surface area contributed by atoms with Crippen LogP contribution in [0.1, 0.15) is 18.9 Å².